The van der Waals surface area contributed by atoms with Gasteiger partial charge in [-0.1, -0.05) is 19.1 Å². The molecule has 0 aliphatic heterocycles. The van der Waals surface area contributed by atoms with Crippen molar-refractivity contribution in [2.75, 3.05) is 13.7 Å². The average Bonchev–Trinajstić information content (AvgIpc) is 2.27. The quantitative estimate of drug-likeness (QED) is 0.810. The topological polar surface area (TPSA) is 38.7 Å². The third-order valence-electron chi connectivity index (χ3n) is 2.37. The second-order valence-electron chi connectivity index (χ2n) is 3.79. The Bertz CT molecular complexity index is 307. The van der Waals surface area contributed by atoms with Crippen molar-refractivity contribution >= 4 is 0 Å². The number of aliphatic hydroxyl groups is 1. The monoisotopic (exact) mass is 210 g/mol. The predicted molar refractivity (Wildman–Crippen MR) is 59.4 cm³/mol. The molecule has 0 aliphatic carbocycles. The lowest BCUT2D eigenvalue weighted by molar-refractivity contribution is 0.00775. The first-order valence-electron chi connectivity index (χ1n) is 5.07. The van der Waals surface area contributed by atoms with Gasteiger partial charge in [0, 0.05) is 0 Å². The van der Waals surface area contributed by atoms with Gasteiger partial charge in [-0.05, 0) is 25.5 Å². The minimum Gasteiger partial charge on any atom is -0.493 e. The fourth-order valence-corrected chi connectivity index (χ4v) is 1.07. The van der Waals surface area contributed by atoms with Crippen molar-refractivity contribution in [2.24, 2.45) is 0 Å². The van der Waals surface area contributed by atoms with E-state index >= 15 is 0 Å². The minimum absolute atomic E-state index is 0.268. The number of rotatable bonds is 5. The molecule has 0 amide bonds. The molecule has 3 heteroatoms. The first kappa shape index (κ1) is 11.9. The standard InChI is InChI=1S/C12H18O3/c1-4-12(2,13)9-15-11-8-6-5-7-10(11)14-3/h5-8,13H,4,9H2,1-3H3. The van der Waals surface area contributed by atoms with Crippen molar-refractivity contribution in [3.8, 4) is 11.5 Å². The summed E-state index contributed by atoms with van der Waals surface area (Å²) in [6.45, 7) is 3.94. The highest BCUT2D eigenvalue weighted by Crippen LogP contribution is 2.26. The maximum Gasteiger partial charge on any atom is 0.161 e. The van der Waals surface area contributed by atoms with E-state index in [1.807, 2.05) is 31.2 Å². The van der Waals surface area contributed by atoms with Crippen molar-refractivity contribution < 1.29 is 14.6 Å². The summed E-state index contributed by atoms with van der Waals surface area (Å²) < 4.78 is 10.6. The summed E-state index contributed by atoms with van der Waals surface area (Å²) >= 11 is 0. The van der Waals surface area contributed by atoms with E-state index in [2.05, 4.69) is 0 Å². The second kappa shape index (κ2) is 5.03. The van der Waals surface area contributed by atoms with Gasteiger partial charge in [-0.2, -0.15) is 0 Å². The Hall–Kier alpha value is -1.22. The SMILES string of the molecule is CCC(C)(O)COc1ccccc1OC. The van der Waals surface area contributed by atoms with Crippen molar-refractivity contribution in [1.82, 2.24) is 0 Å². The molecule has 0 heterocycles. The number of hydrogen-bond acceptors (Lipinski definition) is 3. The zero-order chi connectivity index (χ0) is 11.3. The highest BCUT2D eigenvalue weighted by Gasteiger charge is 2.19. The zero-order valence-corrected chi connectivity index (χ0v) is 9.49. The first-order chi connectivity index (χ1) is 7.09. The molecular formula is C12H18O3. The van der Waals surface area contributed by atoms with Crippen LogP contribution in [-0.4, -0.2) is 24.4 Å². The molecule has 1 unspecified atom stereocenters. The summed E-state index contributed by atoms with van der Waals surface area (Å²) in [7, 11) is 1.60. The van der Waals surface area contributed by atoms with E-state index in [0.29, 0.717) is 17.9 Å². The highest BCUT2D eigenvalue weighted by atomic mass is 16.5. The summed E-state index contributed by atoms with van der Waals surface area (Å²) in [5.74, 6) is 1.35. The van der Waals surface area contributed by atoms with Crippen molar-refractivity contribution in [3.63, 3.8) is 0 Å². The van der Waals surface area contributed by atoms with Gasteiger partial charge >= 0.3 is 0 Å². The van der Waals surface area contributed by atoms with Gasteiger partial charge in [-0.15, -0.1) is 0 Å². The fraction of sp³-hybridized carbons (Fsp3) is 0.500. The summed E-state index contributed by atoms with van der Waals surface area (Å²) in [6, 6.07) is 7.41. The highest BCUT2D eigenvalue weighted by molar-refractivity contribution is 5.39. The van der Waals surface area contributed by atoms with Crippen LogP contribution in [-0.2, 0) is 0 Å². The largest absolute Gasteiger partial charge is 0.493 e. The normalized spacial score (nSPS) is 14.4. The Morgan fingerprint density at radius 1 is 1.27 bits per heavy atom. The van der Waals surface area contributed by atoms with Crippen LogP contribution < -0.4 is 9.47 Å². The maximum atomic E-state index is 9.78. The van der Waals surface area contributed by atoms with Gasteiger partial charge in [0.05, 0.1) is 12.7 Å². The van der Waals surface area contributed by atoms with E-state index in [1.54, 1.807) is 14.0 Å². The fourth-order valence-electron chi connectivity index (χ4n) is 1.07. The molecule has 0 saturated heterocycles. The van der Waals surface area contributed by atoms with Crippen LogP contribution in [0.3, 0.4) is 0 Å². The van der Waals surface area contributed by atoms with E-state index in [4.69, 9.17) is 9.47 Å². The van der Waals surface area contributed by atoms with Crippen LogP contribution in [0.1, 0.15) is 20.3 Å². The molecule has 0 spiro atoms. The number of methoxy groups -OCH3 is 1. The van der Waals surface area contributed by atoms with Crippen LogP contribution in [0.4, 0.5) is 0 Å². The molecule has 0 aliphatic rings. The van der Waals surface area contributed by atoms with E-state index in [0.717, 1.165) is 0 Å². The van der Waals surface area contributed by atoms with Crippen LogP contribution in [0, 0.1) is 0 Å². The second-order valence-corrected chi connectivity index (χ2v) is 3.79. The number of benzene rings is 1. The molecule has 0 bridgehead atoms. The molecule has 1 N–H and O–H groups in total. The van der Waals surface area contributed by atoms with Crippen LogP contribution in [0.2, 0.25) is 0 Å². The van der Waals surface area contributed by atoms with Gasteiger partial charge < -0.3 is 14.6 Å². The van der Waals surface area contributed by atoms with E-state index in [9.17, 15) is 5.11 Å². The first-order valence-corrected chi connectivity index (χ1v) is 5.07. The van der Waals surface area contributed by atoms with Gasteiger partial charge in [-0.25, -0.2) is 0 Å². The van der Waals surface area contributed by atoms with E-state index < -0.39 is 5.60 Å². The smallest absolute Gasteiger partial charge is 0.161 e. The van der Waals surface area contributed by atoms with Gasteiger partial charge in [0.2, 0.25) is 0 Å². The molecule has 0 radical (unpaired) electrons. The van der Waals surface area contributed by atoms with Crippen molar-refractivity contribution in [2.45, 2.75) is 25.9 Å². The van der Waals surface area contributed by atoms with Crippen LogP contribution in [0.25, 0.3) is 0 Å². The number of ether oxygens (including phenoxy) is 2. The van der Waals surface area contributed by atoms with Crippen molar-refractivity contribution in [3.05, 3.63) is 24.3 Å². The zero-order valence-electron chi connectivity index (χ0n) is 9.49. The molecule has 84 valence electrons. The van der Waals surface area contributed by atoms with Crippen LogP contribution in [0.5, 0.6) is 11.5 Å². The molecule has 3 nitrogen and oxygen atoms in total. The lowest BCUT2D eigenvalue weighted by Gasteiger charge is -2.22. The number of hydrogen-bond donors (Lipinski definition) is 1. The number of para-hydroxylation sites is 2. The Morgan fingerprint density at radius 3 is 2.40 bits per heavy atom. The Kier molecular flexibility index (Phi) is 3.97. The predicted octanol–water partition coefficient (Wildman–Crippen LogP) is 2.24. The van der Waals surface area contributed by atoms with Crippen LogP contribution >= 0.6 is 0 Å². The Morgan fingerprint density at radius 2 is 1.87 bits per heavy atom. The minimum atomic E-state index is -0.791. The van der Waals surface area contributed by atoms with Crippen LogP contribution in [0.15, 0.2) is 24.3 Å². The van der Waals surface area contributed by atoms with Gasteiger partial charge in [0.15, 0.2) is 11.5 Å². The molecule has 0 saturated carbocycles. The van der Waals surface area contributed by atoms with Crippen molar-refractivity contribution in [1.29, 1.82) is 0 Å². The van der Waals surface area contributed by atoms with Gasteiger partial charge in [-0.3, -0.25) is 0 Å². The maximum absolute atomic E-state index is 9.78. The molecule has 0 aromatic heterocycles. The lowest BCUT2D eigenvalue weighted by Crippen LogP contribution is -2.31. The van der Waals surface area contributed by atoms with E-state index in [-0.39, 0.29) is 6.61 Å². The Balaban J connectivity index is 2.65. The molecule has 1 rings (SSSR count). The molecule has 0 fully saturated rings. The third-order valence-corrected chi connectivity index (χ3v) is 2.37. The molecule has 15 heavy (non-hydrogen) atoms. The van der Waals surface area contributed by atoms with Gasteiger partial charge in [0.1, 0.15) is 6.61 Å². The lowest BCUT2D eigenvalue weighted by atomic mass is 10.1. The molecule has 1 atom stereocenters. The average molecular weight is 210 g/mol. The summed E-state index contributed by atoms with van der Waals surface area (Å²) in [4.78, 5) is 0. The summed E-state index contributed by atoms with van der Waals surface area (Å²) in [6.07, 6.45) is 0.655. The molecule has 1 aromatic carbocycles. The molecular weight excluding hydrogens is 192 g/mol. The molecule has 1 aromatic rings. The summed E-state index contributed by atoms with van der Waals surface area (Å²) in [5.41, 5.74) is -0.791. The van der Waals surface area contributed by atoms with E-state index in [1.165, 1.54) is 0 Å². The summed E-state index contributed by atoms with van der Waals surface area (Å²) in [5, 5.41) is 9.78. The third kappa shape index (κ3) is 3.44. The Labute approximate surface area is 90.6 Å². The van der Waals surface area contributed by atoms with Gasteiger partial charge in [0.25, 0.3) is 0 Å².